The van der Waals surface area contributed by atoms with Crippen molar-refractivity contribution in [2.75, 3.05) is 14.1 Å². The van der Waals surface area contributed by atoms with E-state index in [1.165, 1.54) is 37.0 Å². The molecule has 0 bridgehead atoms. The van der Waals surface area contributed by atoms with Crippen LogP contribution < -0.4 is 10.9 Å². The van der Waals surface area contributed by atoms with E-state index in [2.05, 4.69) is 22.2 Å². The number of fused-ring (bicyclic) bond motifs is 1. The molecule has 0 unspecified atom stereocenters. The first kappa shape index (κ1) is 14.7. The van der Waals surface area contributed by atoms with Gasteiger partial charge in [0.25, 0.3) is 5.56 Å². The lowest BCUT2D eigenvalue weighted by Crippen LogP contribution is -2.39. The Balaban J connectivity index is 1.68. The van der Waals surface area contributed by atoms with Crippen molar-refractivity contribution >= 4 is 16.3 Å². The predicted molar refractivity (Wildman–Crippen MR) is 85.9 cm³/mol. The average Bonchev–Trinajstić information content (AvgIpc) is 2.96. The molecule has 0 atom stereocenters. The molecule has 6 heteroatoms. The molecule has 3 rings (SSSR count). The summed E-state index contributed by atoms with van der Waals surface area (Å²) < 4.78 is 1.60. The molecular weight excluding hydrogens is 284 g/mol. The standard InChI is InChI=1S/C15H22N4OS/c1-16-11-3-5-13(6-4-11)18(2)10-12-9-14(20)19-7-8-21-15(19)17-12/h7-9,11,13,16H,3-6,10H2,1-2H3. The quantitative estimate of drug-likeness (QED) is 0.934. The molecule has 1 aliphatic carbocycles. The molecule has 0 spiro atoms. The highest BCUT2D eigenvalue weighted by Gasteiger charge is 2.23. The summed E-state index contributed by atoms with van der Waals surface area (Å²) in [6, 6.07) is 2.92. The van der Waals surface area contributed by atoms with Crippen LogP contribution in [-0.4, -0.2) is 40.5 Å². The van der Waals surface area contributed by atoms with Gasteiger partial charge in [-0.2, -0.15) is 0 Å². The zero-order chi connectivity index (χ0) is 14.8. The molecule has 2 aromatic rings. The van der Waals surface area contributed by atoms with Gasteiger partial charge in [0.05, 0.1) is 5.69 Å². The van der Waals surface area contributed by atoms with E-state index >= 15 is 0 Å². The number of nitrogens with zero attached hydrogens (tertiary/aromatic N) is 3. The third kappa shape index (κ3) is 3.17. The van der Waals surface area contributed by atoms with Crippen molar-refractivity contribution < 1.29 is 0 Å². The van der Waals surface area contributed by atoms with Crippen LogP contribution in [0.2, 0.25) is 0 Å². The van der Waals surface area contributed by atoms with Crippen LogP contribution in [0, 0.1) is 0 Å². The summed E-state index contributed by atoms with van der Waals surface area (Å²) in [5, 5.41) is 5.26. The highest BCUT2D eigenvalue weighted by atomic mass is 32.1. The monoisotopic (exact) mass is 306 g/mol. The van der Waals surface area contributed by atoms with Crippen LogP contribution in [0.1, 0.15) is 31.4 Å². The first-order valence-corrected chi connectivity index (χ1v) is 8.38. The van der Waals surface area contributed by atoms with Crippen molar-refractivity contribution in [1.29, 1.82) is 0 Å². The van der Waals surface area contributed by atoms with Crippen molar-refractivity contribution in [3.05, 3.63) is 33.7 Å². The van der Waals surface area contributed by atoms with E-state index in [-0.39, 0.29) is 5.56 Å². The largest absolute Gasteiger partial charge is 0.317 e. The fourth-order valence-electron chi connectivity index (χ4n) is 3.16. The Morgan fingerprint density at radius 3 is 2.90 bits per heavy atom. The maximum Gasteiger partial charge on any atom is 0.258 e. The Morgan fingerprint density at radius 2 is 2.19 bits per heavy atom. The highest BCUT2D eigenvalue weighted by molar-refractivity contribution is 7.15. The molecule has 0 radical (unpaired) electrons. The number of rotatable bonds is 4. The molecule has 21 heavy (non-hydrogen) atoms. The zero-order valence-corrected chi connectivity index (χ0v) is 13.4. The molecule has 2 aromatic heterocycles. The Kier molecular flexibility index (Phi) is 4.37. The zero-order valence-electron chi connectivity index (χ0n) is 12.6. The number of hydrogen-bond acceptors (Lipinski definition) is 5. The molecule has 114 valence electrons. The van der Waals surface area contributed by atoms with E-state index < -0.39 is 0 Å². The van der Waals surface area contributed by atoms with Crippen molar-refractivity contribution in [3.8, 4) is 0 Å². The molecule has 1 saturated carbocycles. The third-order valence-electron chi connectivity index (χ3n) is 4.50. The van der Waals surface area contributed by atoms with E-state index in [1.54, 1.807) is 16.7 Å². The molecular formula is C15H22N4OS. The Labute approximate surface area is 128 Å². The number of hydrogen-bond donors (Lipinski definition) is 1. The van der Waals surface area contributed by atoms with E-state index in [4.69, 9.17) is 0 Å². The second-order valence-electron chi connectivity index (χ2n) is 5.85. The smallest absolute Gasteiger partial charge is 0.258 e. The molecule has 1 aliphatic rings. The van der Waals surface area contributed by atoms with Crippen LogP contribution >= 0.6 is 11.3 Å². The molecule has 1 N–H and O–H groups in total. The van der Waals surface area contributed by atoms with E-state index in [0.717, 1.165) is 17.2 Å². The first-order valence-electron chi connectivity index (χ1n) is 7.50. The summed E-state index contributed by atoms with van der Waals surface area (Å²) in [6.07, 6.45) is 6.66. The minimum Gasteiger partial charge on any atom is -0.317 e. The molecule has 2 heterocycles. The first-order chi connectivity index (χ1) is 10.2. The van der Waals surface area contributed by atoms with Crippen LogP contribution in [0.4, 0.5) is 0 Å². The molecule has 0 saturated heterocycles. The van der Waals surface area contributed by atoms with Crippen LogP contribution in [0.25, 0.3) is 4.96 Å². The van der Waals surface area contributed by atoms with Gasteiger partial charge in [-0.3, -0.25) is 14.1 Å². The topological polar surface area (TPSA) is 49.6 Å². The minimum atomic E-state index is 0.0172. The summed E-state index contributed by atoms with van der Waals surface area (Å²) in [6.45, 7) is 0.749. The lowest BCUT2D eigenvalue weighted by Gasteiger charge is -2.34. The lowest BCUT2D eigenvalue weighted by atomic mass is 9.90. The van der Waals surface area contributed by atoms with Gasteiger partial charge >= 0.3 is 0 Å². The van der Waals surface area contributed by atoms with Gasteiger partial charge in [0.15, 0.2) is 4.96 Å². The maximum atomic E-state index is 12.0. The van der Waals surface area contributed by atoms with Gasteiger partial charge in [-0.15, -0.1) is 11.3 Å². The Bertz CT molecular complexity index is 657. The van der Waals surface area contributed by atoms with Crippen LogP contribution in [0.3, 0.4) is 0 Å². The maximum absolute atomic E-state index is 12.0. The second kappa shape index (κ2) is 6.25. The SMILES string of the molecule is CNC1CCC(N(C)Cc2cc(=O)n3ccsc3n2)CC1. The molecule has 0 aliphatic heterocycles. The Hall–Kier alpha value is -1.24. The van der Waals surface area contributed by atoms with Crippen molar-refractivity contribution in [3.63, 3.8) is 0 Å². The fourth-order valence-corrected chi connectivity index (χ4v) is 3.90. The van der Waals surface area contributed by atoms with Gasteiger partial charge in [0.1, 0.15) is 0 Å². The predicted octanol–water partition coefficient (Wildman–Crippen LogP) is 1.72. The summed E-state index contributed by atoms with van der Waals surface area (Å²) in [4.78, 5) is 19.7. The number of thiazole rings is 1. The lowest BCUT2D eigenvalue weighted by molar-refractivity contribution is 0.168. The minimum absolute atomic E-state index is 0.0172. The molecule has 1 fully saturated rings. The average molecular weight is 306 g/mol. The van der Waals surface area contributed by atoms with E-state index in [9.17, 15) is 4.79 Å². The molecule has 0 amide bonds. The fraction of sp³-hybridized carbons (Fsp3) is 0.600. The van der Waals surface area contributed by atoms with Gasteiger partial charge in [-0.25, -0.2) is 4.98 Å². The van der Waals surface area contributed by atoms with Crippen molar-refractivity contribution in [1.82, 2.24) is 19.6 Å². The van der Waals surface area contributed by atoms with Gasteiger partial charge in [-0.05, 0) is 39.8 Å². The van der Waals surface area contributed by atoms with E-state index in [0.29, 0.717) is 12.1 Å². The van der Waals surface area contributed by atoms with Gasteiger partial charge < -0.3 is 5.32 Å². The number of nitrogens with one attached hydrogen (secondary N) is 1. The van der Waals surface area contributed by atoms with Gasteiger partial charge in [0.2, 0.25) is 0 Å². The molecule has 5 nitrogen and oxygen atoms in total. The summed E-state index contributed by atoms with van der Waals surface area (Å²) >= 11 is 1.51. The van der Waals surface area contributed by atoms with Gasteiger partial charge in [-0.1, -0.05) is 0 Å². The Morgan fingerprint density at radius 1 is 1.43 bits per heavy atom. The molecule has 0 aromatic carbocycles. The van der Waals surface area contributed by atoms with E-state index in [1.807, 2.05) is 12.4 Å². The van der Waals surface area contributed by atoms with Crippen LogP contribution in [-0.2, 0) is 6.54 Å². The summed E-state index contributed by atoms with van der Waals surface area (Å²) in [5.41, 5.74) is 0.893. The second-order valence-corrected chi connectivity index (χ2v) is 6.72. The highest BCUT2D eigenvalue weighted by Crippen LogP contribution is 2.23. The van der Waals surface area contributed by atoms with Crippen molar-refractivity contribution in [2.24, 2.45) is 0 Å². The normalized spacial score (nSPS) is 23.0. The summed E-state index contributed by atoms with van der Waals surface area (Å²) in [7, 11) is 4.19. The van der Waals surface area contributed by atoms with Crippen LogP contribution in [0.5, 0.6) is 0 Å². The number of aromatic nitrogens is 2. The summed E-state index contributed by atoms with van der Waals surface area (Å²) in [5.74, 6) is 0. The van der Waals surface area contributed by atoms with Crippen LogP contribution in [0.15, 0.2) is 22.4 Å². The van der Waals surface area contributed by atoms with Crippen molar-refractivity contribution in [2.45, 2.75) is 44.3 Å². The third-order valence-corrected chi connectivity index (χ3v) is 5.25. The van der Waals surface area contributed by atoms with Gasteiger partial charge in [0, 0.05) is 36.3 Å².